The van der Waals surface area contributed by atoms with Crippen LogP contribution in [0.4, 0.5) is 0 Å². The van der Waals surface area contributed by atoms with Gasteiger partial charge in [0.2, 0.25) is 0 Å². The summed E-state index contributed by atoms with van der Waals surface area (Å²) in [7, 11) is 1.27. The number of allylic oxidation sites excluding steroid dienone is 4. The monoisotopic (exact) mass is 308 g/mol. The van der Waals surface area contributed by atoms with Crippen LogP contribution < -0.4 is 37.7 Å². The molecule has 1 fully saturated rings. The maximum Gasteiger partial charge on any atom is 1.00 e. The van der Waals surface area contributed by atoms with E-state index in [4.69, 9.17) is 13.2 Å². The Bertz CT molecular complexity index is 519. The molecule has 0 atom stereocenters. The van der Waals surface area contributed by atoms with Crippen LogP contribution in [0.3, 0.4) is 0 Å². The maximum absolute atomic E-state index is 10.7. The summed E-state index contributed by atoms with van der Waals surface area (Å²) in [6.45, 7) is 11.5. The molecular formula is C18H18Li2N2O2-4. The minimum absolute atomic E-state index is 0. The Balaban J connectivity index is 0. The van der Waals surface area contributed by atoms with Gasteiger partial charge in [-0.05, 0) is 12.8 Å². The summed E-state index contributed by atoms with van der Waals surface area (Å²) < 4.78 is 4.36. The third kappa shape index (κ3) is 13.3. The van der Waals surface area contributed by atoms with Crippen molar-refractivity contribution in [3.63, 3.8) is 0 Å². The molecule has 0 aromatic rings. The maximum atomic E-state index is 10.7. The van der Waals surface area contributed by atoms with E-state index >= 15 is 0 Å². The predicted octanol–water partition coefficient (Wildman–Crippen LogP) is -2.99. The van der Waals surface area contributed by atoms with Crippen LogP contribution in [0.5, 0.6) is 0 Å². The quantitative estimate of drug-likeness (QED) is 0.0822. The molecule has 0 saturated heterocycles. The van der Waals surface area contributed by atoms with Gasteiger partial charge >= 0.3 is 37.7 Å². The van der Waals surface area contributed by atoms with E-state index < -0.39 is 5.97 Å². The molecule has 0 spiro atoms. The number of ether oxygens (including phenoxy) is 1. The molecule has 0 aromatic carbocycles. The molecule has 0 aromatic heterocycles. The van der Waals surface area contributed by atoms with Gasteiger partial charge in [0.05, 0.1) is 7.11 Å². The van der Waals surface area contributed by atoms with Crippen molar-refractivity contribution in [1.29, 1.82) is 0 Å². The van der Waals surface area contributed by atoms with Gasteiger partial charge in [-0.25, -0.2) is 11.6 Å². The van der Waals surface area contributed by atoms with E-state index in [1.807, 2.05) is 0 Å². The zero-order chi connectivity index (χ0) is 16.2. The second kappa shape index (κ2) is 15.4. The number of methoxy groups -OCH3 is 1. The fraction of sp³-hybridized carbons (Fsp3) is 0.333. The van der Waals surface area contributed by atoms with Crippen LogP contribution in [0.1, 0.15) is 25.7 Å². The molecule has 6 heteroatoms. The minimum Gasteiger partial charge on any atom is -0.593 e. The number of hydrogen-bond donors (Lipinski definition) is 0. The molecule has 4 nitrogen and oxygen atoms in total. The summed E-state index contributed by atoms with van der Waals surface area (Å²) in [6, 6.07) is 0. The van der Waals surface area contributed by atoms with Gasteiger partial charge in [0.1, 0.15) is 5.97 Å². The number of nitrogens with zero attached hydrogens (tertiary/aromatic N) is 2. The Kier molecular flexibility index (Phi) is 16.1. The Labute approximate surface area is 169 Å². The summed E-state index contributed by atoms with van der Waals surface area (Å²) in [5, 5.41) is 0. The molecule has 0 aliphatic heterocycles. The fourth-order valence-electron chi connectivity index (χ4n) is 1.38. The first kappa shape index (κ1) is 25.1. The molecule has 0 unspecified atom stereocenters. The molecule has 0 N–H and O–H groups in total. The van der Waals surface area contributed by atoms with Crippen LogP contribution in [-0.2, 0) is 9.53 Å². The van der Waals surface area contributed by atoms with Crippen LogP contribution in [0.25, 0.3) is 0 Å². The van der Waals surface area contributed by atoms with Crippen molar-refractivity contribution in [1.82, 2.24) is 0 Å². The molecule has 0 heterocycles. The molecule has 0 amide bonds. The number of carbonyl (C=O) groups is 1. The SMILES string of the molecule is [CH-]=C([CH-]CC[C-]=NC=[C-]C(=O)OC)N=[C-]/C=C\C(=[CH-])C1CC1.[Li+].[Li+]. The molecule has 1 aliphatic rings. The van der Waals surface area contributed by atoms with E-state index in [-0.39, 0.29) is 37.7 Å². The van der Waals surface area contributed by atoms with E-state index in [1.54, 1.807) is 18.6 Å². The first-order chi connectivity index (χ1) is 10.6. The van der Waals surface area contributed by atoms with E-state index in [2.05, 4.69) is 33.2 Å². The van der Waals surface area contributed by atoms with Crippen molar-refractivity contribution in [2.24, 2.45) is 15.9 Å². The molecule has 0 bridgehead atoms. The van der Waals surface area contributed by atoms with Crippen molar-refractivity contribution >= 4 is 18.4 Å². The van der Waals surface area contributed by atoms with Crippen molar-refractivity contribution < 1.29 is 47.3 Å². The number of carbonyl (C=O) groups excluding carboxylic acids is 1. The van der Waals surface area contributed by atoms with Crippen molar-refractivity contribution in [2.45, 2.75) is 25.7 Å². The number of aliphatic imine (C=N–C) groups is 2. The van der Waals surface area contributed by atoms with Gasteiger partial charge in [0, 0.05) is 0 Å². The van der Waals surface area contributed by atoms with E-state index in [0.29, 0.717) is 24.5 Å². The summed E-state index contributed by atoms with van der Waals surface area (Å²) in [6.07, 6.45) is 17.7. The van der Waals surface area contributed by atoms with E-state index in [9.17, 15) is 4.79 Å². The van der Waals surface area contributed by atoms with Gasteiger partial charge in [0.25, 0.3) is 0 Å². The number of rotatable bonds is 10. The summed E-state index contributed by atoms with van der Waals surface area (Å²) in [4.78, 5) is 18.4. The van der Waals surface area contributed by atoms with Gasteiger partial charge < -0.3 is 45.7 Å². The van der Waals surface area contributed by atoms with Gasteiger partial charge in [-0.3, -0.25) is 11.4 Å². The Morgan fingerprint density at radius 1 is 1.38 bits per heavy atom. The summed E-state index contributed by atoms with van der Waals surface area (Å²) >= 11 is 0. The molecular weight excluding hydrogens is 290 g/mol. The number of unbranched alkanes of at least 4 members (excludes halogenated alkanes) is 1. The van der Waals surface area contributed by atoms with E-state index in [1.165, 1.54) is 26.2 Å². The molecule has 1 rings (SSSR count). The number of esters is 1. The van der Waals surface area contributed by atoms with Gasteiger partial charge in [-0.2, -0.15) is 18.7 Å². The molecule has 0 radical (unpaired) electrons. The van der Waals surface area contributed by atoms with Crippen LogP contribution in [0, 0.1) is 31.6 Å². The number of hydrogen-bond acceptors (Lipinski definition) is 4. The third-order valence-electron chi connectivity index (χ3n) is 2.73. The molecule has 118 valence electrons. The van der Waals surface area contributed by atoms with Crippen LogP contribution >= 0.6 is 0 Å². The van der Waals surface area contributed by atoms with Crippen molar-refractivity contribution in [3.05, 3.63) is 55.3 Å². The second-order valence-corrected chi connectivity index (χ2v) is 4.57. The normalized spacial score (nSPS) is 13.9. The van der Waals surface area contributed by atoms with Crippen LogP contribution in [0.2, 0.25) is 0 Å². The first-order valence-corrected chi connectivity index (χ1v) is 6.93. The largest absolute Gasteiger partial charge is 1.00 e. The third-order valence-corrected chi connectivity index (χ3v) is 2.73. The van der Waals surface area contributed by atoms with Crippen LogP contribution in [-0.4, -0.2) is 25.5 Å². The minimum atomic E-state index is -0.577. The van der Waals surface area contributed by atoms with Crippen molar-refractivity contribution in [2.75, 3.05) is 7.11 Å². The predicted molar refractivity (Wildman–Crippen MR) is 85.7 cm³/mol. The first-order valence-electron chi connectivity index (χ1n) is 6.93. The summed E-state index contributed by atoms with van der Waals surface area (Å²) in [5.74, 6) is -0.0431. The van der Waals surface area contributed by atoms with Gasteiger partial charge in [-0.15, -0.1) is 6.42 Å². The average Bonchev–Trinajstić information content (AvgIpc) is 3.34. The fourth-order valence-corrected chi connectivity index (χ4v) is 1.38. The van der Waals surface area contributed by atoms with Gasteiger partial charge in [0.15, 0.2) is 0 Å². The topological polar surface area (TPSA) is 51.0 Å². The molecule has 24 heavy (non-hydrogen) atoms. The van der Waals surface area contributed by atoms with Crippen LogP contribution in [0.15, 0.2) is 39.6 Å². The Hall–Kier alpha value is -1.17. The molecule has 1 aliphatic carbocycles. The smallest absolute Gasteiger partial charge is 0.593 e. The zero-order valence-corrected chi connectivity index (χ0v) is 14.6. The summed E-state index contributed by atoms with van der Waals surface area (Å²) in [5.41, 5.74) is 1.24. The average molecular weight is 308 g/mol. The van der Waals surface area contributed by atoms with E-state index in [0.717, 1.165) is 5.57 Å². The standard InChI is InChI=1S/C18H18N2O2.2Li/c1-15(17-9-10-17)7-6-13-20-16(2)8-4-5-12-19-14-11-18(21)22-3;;/h1-2,6-8,14,17H,4-5,9-10H2,3H3;;/q-6;2*+1/b7-6-;;. The molecule has 1 saturated carbocycles. The Morgan fingerprint density at radius 3 is 2.71 bits per heavy atom. The van der Waals surface area contributed by atoms with Gasteiger partial charge in [-0.1, -0.05) is 12.1 Å². The second-order valence-electron chi connectivity index (χ2n) is 4.57. The Morgan fingerprint density at radius 2 is 2.08 bits per heavy atom. The zero-order valence-electron chi connectivity index (χ0n) is 14.6. The van der Waals surface area contributed by atoms with Crippen molar-refractivity contribution in [3.8, 4) is 0 Å².